The lowest BCUT2D eigenvalue weighted by molar-refractivity contribution is 0.589. The Morgan fingerprint density at radius 2 is 1.03 bits per heavy atom. The molecule has 0 N–H and O–H groups in total. The molecule has 2 heterocycles. The van der Waals surface area contributed by atoms with Gasteiger partial charge in [0.25, 0.3) is 0 Å². The highest BCUT2D eigenvalue weighted by Crippen LogP contribution is 2.36. The van der Waals surface area contributed by atoms with Gasteiger partial charge < -0.3 is 9.13 Å². The summed E-state index contributed by atoms with van der Waals surface area (Å²) in [4.78, 5) is 0. The van der Waals surface area contributed by atoms with Crippen LogP contribution in [0.15, 0.2) is 72.8 Å². The van der Waals surface area contributed by atoms with Gasteiger partial charge in [-0.1, -0.05) is 69.3 Å². The Labute approximate surface area is 234 Å². The summed E-state index contributed by atoms with van der Waals surface area (Å²) in [6, 6.07) is 28.1. The van der Waals surface area contributed by atoms with Crippen molar-refractivity contribution in [2.75, 3.05) is 0 Å². The van der Waals surface area contributed by atoms with Crippen molar-refractivity contribution >= 4 is 43.6 Å². The summed E-state index contributed by atoms with van der Waals surface area (Å²) < 4.78 is 4.93. The fraction of sp³-hybridized carbons (Fsp3) is 0.351. The van der Waals surface area contributed by atoms with Crippen LogP contribution in [-0.2, 0) is 5.41 Å². The van der Waals surface area contributed by atoms with Crippen LogP contribution in [0.1, 0.15) is 82.8 Å². The predicted molar refractivity (Wildman–Crippen MR) is 173 cm³/mol. The number of hydrogen-bond donors (Lipinski definition) is 0. The Morgan fingerprint density at radius 1 is 0.538 bits per heavy atom. The SMILES string of the molecule is Cc1ccc2c3c(C)cccc3n(C(C)C)c2c1.Cc1ccc2c3ccc(C(C)(C)C)cc3n(C(C)C)c2c1. The molecule has 0 aliphatic rings. The monoisotopic (exact) mass is 516 g/mol. The molecule has 0 saturated heterocycles. The highest BCUT2D eigenvalue weighted by atomic mass is 15.0. The Morgan fingerprint density at radius 3 is 1.59 bits per heavy atom. The summed E-state index contributed by atoms with van der Waals surface area (Å²) in [5.74, 6) is 0. The molecule has 2 heteroatoms. The third kappa shape index (κ3) is 4.75. The van der Waals surface area contributed by atoms with E-state index in [4.69, 9.17) is 0 Å². The molecule has 0 aliphatic heterocycles. The first-order valence-corrected chi connectivity index (χ1v) is 14.4. The smallest absolute Gasteiger partial charge is 0.0496 e. The average Bonchev–Trinajstić information content (AvgIpc) is 3.36. The van der Waals surface area contributed by atoms with Gasteiger partial charge in [-0.15, -0.1) is 0 Å². The van der Waals surface area contributed by atoms with Gasteiger partial charge in [0.2, 0.25) is 0 Å². The normalized spacial score (nSPS) is 12.3. The van der Waals surface area contributed by atoms with Crippen molar-refractivity contribution in [2.45, 2.75) is 86.7 Å². The van der Waals surface area contributed by atoms with Crippen molar-refractivity contribution in [1.29, 1.82) is 0 Å². The fourth-order valence-corrected chi connectivity index (χ4v) is 6.12. The Bertz CT molecular complexity index is 1820. The number of nitrogens with zero attached hydrogens (tertiary/aromatic N) is 2. The topological polar surface area (TPSA) is 9.86 Å². The summed E-state index contributed by atoms with van der Waals surface area (Å²) in [5, 5.41) is 5.51. The van der Waals surface area contributed by atoms with E-state index in [9.17, 15) is 0 Å². The van der Waals surface area contributed by atoms with E-state index in [0.717, 1.165) is 0 Å². The van der Waals surface area contributed by atoms with Gasteiger partial charge >= 0.3 is 0 Å². The molecule has 2 aromatic heterocycles. The zero-order valence-electron chi connectivity index (χ0n) is 25.5. The zero-order valence-corrected chi connectivity index (χ0v) is 25.5. The first kappa shape index (κ1) is 27.1. The lowest BCUT2D eigenvalue weighted by atomic mass is 9.86. The Hall–Kier alpha value is -3.52. The van der Waals surface area contributed by atoms with E-state index in [1.165, 1.54) is 65.9 Å². The van der Waals surface area contributed by atoms with E-state index in [1.807, 2.05) is 0 Å². The van der Waals surface area contributed by atoms with E-state index < -0.39 is 0 Å². The van der Waals surface area contributed by atoms with Gasteiger partial charge in [0.1, 0.15) is 0 Å². The van der Waals surface area contributed by atoms with Crippen LogP contribution in [0.2, 0.25) is 0 Å². The first-order chi connectivity index (χ1) is 18.4. The number of benzene rings is 4. The predicted octanol–water partition coefficient (Wildman–Crippen LogP) is 11.0. The van der Waals surface area contributed by atoms with Crippen LogP contribution >= 0.6 is 0 Å². The van der Waals surface area contributed by atoms with Gasteiger partial charge in [0, 0.05) is 55.7 Å². The maximum Gasteiger partial charge on any atom is 0.0496 e. The number of aromatic nitrogens is 2. The number of hydrogen-bond acceptors (Lipinski definition) is 0. The Kier molecular flexibility index (Phi) is 6.87. The molecule has 6 aromatic rings. The second kappa shape index (κ2) is 9.90. The maximum absolute atomic E-state index is 2.48. The molecule has 0 spiro atoms. The van der Waals surface area contributed by atoms with Crippen molar-refractivity contribution in [3.63, 3.8) is 0 Å². The zero-order chi connectivity index (χ0) is 28.2. The molecule has 2 nitrogen and oxygen atoms in total. The molecule has 0 fully saturated rings. The molecule has 0 amide bonds. The minimum atomic E-state index is 0.183. The molecule has 0 aliphatic carbocycles. The van der Waals surface area contributed by atoms with Crippen LogP contribution in [0.25, 0.3) is 43.6 Å². The minimum absolute atomic E-state index is 0.183. The van der Waals surface area contributed by atoms with Crippen LogP contribution in [0, 0.1) is 20.8 Å². The molecule has 0 atom stereocenters. The van der Waals surface area contributed by atoms with Crippen LogP contribution in [0.3, 0.4) is 0 Å². The second-order valence-electron chi connectivity index (χ2n) is 12.9. The van der Waals surface area contributed by atoms with E-state index >= 15 is 0 Å². The van der Waals surface area contributed by atoms with Crippen molar-refractivity contribution in [1.82, 2.24) is 9.13 Å². The van der Waals surface area contributed by atoms with Crippen LogP contribution < -0.4 is 0 Å². The quantitative estimate of drug-likeness (QED) is 0.217. The van der Waals surface area contributed by atoms with Gasteiger partial charge in [-0.2, -0.15) is 0 Å². The standard InChI is InChI=1S/C20H25N.C17H19N/c1-13(2)21-18-11-14(3)7-9-16(18)17-10-8-15(12-19(17)21)20(4,5)6;1-11(2)18-15-7-5-6-13(4)17(15)14-9-8-12(3)10-16(14)18/h7-13H,1-6H3;5-11H,1-4H3. The molecule has 0 saturated carbocycles. The summed E-state index contributed by atoms with van der Waals surface area (Å²) >= 11 is 0. The second-order valence-corrected chi connectivity index (χ2v) is 12.9. The molecule has 6 rings (SSSR count). The lowest BCUT2D eigenvalue weighted by Crippen LogP contribution is -2.11. The van der Waals surface area contributed by atoms with E-state index in [2.05, 4.69) is 151 Å². The lowest BCUT2D eigenvalue weighted by Gasteiger charge is -2.20. The van der Waals surface area contributed by atoms with Gasteiger partial charge in [0.05, 0.1) is 0 Å². The third-order valence-corrected chi connectivity index (χ3v) is 8.05. The molecular weight excluding hydrogens is 472 g/mol. The Balaban J connectivity index is 0.000000160. The molecule has 39 heavy (non-hydrogen) atoms. The van der Waals surface area contributed by atoms with Crippen molar-refractivity contribution in [3.8, 4) is 0 Å². The van der Waals surface area contributed by atoms with Crippen molar-refractivity contribution < 1.29 is 0 Å². The number of aryl methyl sites for hydroxylation is 3. The van der Waals surface area contributed by atoms with Gasteiger partial charge in [-0.05, 0) is 100 Å². The summed E-state index contributed by atoms with van der Waals surface area (Å²) in [7, 11) is 0. The van der Waals surface area contributed by atoms with E-state index in [0.29, 0.717) is 12.1 Å². The first-order valence-electron chi connectivity index (χ1n) is 14.4. The van der Waals surface area contributed by atoms with E-state index in [1.54, 1.807) is 0 Å². The van der Waals surface area contributed by atoms with Crippen LogP contribution in [-0.4, -0.2) is 9.13 Å². The highest BCUT2D eigenvalue weighted by molar-refractivity contribution is 6.10. The molecule has 0 bridgehead atoms. The van der Waals surface area contributed by atoms with Crippen molar-refractivity contribution in [3.05, 3.63) is 95.1 Å². The summed E-state index contributed by atoms with van der Waals surface area (Å²) in [6.07, 6.45) is 0. The largest absolute Gasteiger partial charge is 0.338 e. The van der Waals surface area contributed by atoms with E-state index in [-0.39, 0.29) is 5.41 Å². The molecule has 202 valence electrons. The van der Waals surface area contributed by atoms with Gasteiger partial charge in [-0.3, -0.25) is 0 Å². The fourth-order valence-electron chi connectivity index (χ4n) is 6.12. The molecular formula is C37H44N2. The average molecular weight is 517 g/mol. The number of rotatable bonds is 2. The van der Waals surface area contributed by atoms with Gasteiger partial charge in [-0.25, -0.2) is 0 Å². The molecule has 4 aromatic carbocycles. The minimum Gasteiger partial charge on any atom is -0.338 e. The summed E-state index contributed by atoms with van der Waals surface area (Å²) in [6.45, 7) is 22.4. The number of fused-ring (bicyclic) bond motifs is 6. The third-order valence-electron chi connectivity index (χ3n) is 8.05. The molecule has 0 unspecified atom stereocenters. The summed E-state index contributed by atoms with van der Waals surface area (Å²) in [5.41, 5.74) is 11.0. The molecule has 0 radical (unpaired) electrons. The highest BCUT2D eigenvalue weighted by Gasteiger charge is 2.18. The van der Waals surface area contributed by atoms with Crippen LogP contribution in [0.4, 0.5) is 0 Å². The van der Waals surface area contributed by atoms with Crippen LogP contribution in [0.5, 0.6) is 0 Å². The van der Waals surface area contributed by atoms with Gasteiger partial charge in [0.15, 0.2) is 0 Å². The maximum atomic E-state index is 2.48. The van der Waals surface area contributed by atoms with Crippen molar-refractivity contribution in [2.24, 2.45) is 0 Å².